The van der Waals surface area contributed by atoms with E-state index in [0.717, 1.165) is 13.0 Å². The molecular formula is C33H51N. The van der Waals surface area contributed by atoms with Gasteiger partial charge in [0.25, 0.3) is 0 Å². The molecule has 1 nitrogen and oxygen atoms in total. The fourth-order valence-corrected chi connectivity index (χ4v) is 4.60. The highest BCUT2D eigenvalue weighted by molar-refractivity contribution is 5.26. The lowest BCUT2D eigenvalue weighted by molar-refractivity contribution is 0.500. The number of benzene rings is 2. The van der Waals surface area contributed by atoms with Crippen LogP contribution < -0.4 is 5.32 Å². The second-order valence-electron chi connectivity index (χ2n) is 10.0. The van der Waals surface area contributed by atoms with Gasteiger partial charge in [-0.3, -0.25) is 0 Å². The third-order valence-electron chi connectivity index (χ3n) is 6.84. The van der Waals surface area contributed by atoms with E-state index in [9.17, 15) is 0 Å². The molecular weight excluding hydrogens is 410 g/mol. The standard InChI is InChI=1S/C33H51N/c1-3-4-5-6-7-8-9-10-11-12-13-14-15-16-17-21-28-34-33(32-22-19-18-20-23-32)29-31-26-24-30(2)25-27-31/h10-11,18-20,22-27,33-34H,3-9,12-17,21,28-29H2,1-2H3/b11-10-. The molecule has 188 valence electrons. The highest BCUT2D eigenvalue weighted by Gasteiger charge is 2.11. The first-order valence-corrected chi connectivity index (χ1v) is 14.3. The Morgan fingerprint density at radius 2 is 1.21 bits per heavy atom. The molecule has 1 atom stereocenters. The van der Waals surface area contributed by atoms with E-state index in [1.54, 1.807) is 0 Å². The Balaban J connectivity index is 1.50. The molecule has 0 saturated carbocycles. The van der Waals surface area contributed by atoms with Crippen molar-refractivity contribution in [2.24, 2.45) is 0 Å². The number of nitrogens with one attached hydrogen (secondary N) is 1. The van der Waals surface area contributed by atoms with Gasteiger partial charge in [-0.05, 0) is 63.1 Å². The Morgan fingerprint density at radius 1 is 0.647 bits per heavy atom. The largest absolute Gasteiger partial charge is 0.310 e. The normalized spacial score (nSPS) is 12.4. The van der Waals surface area contributed by atoms with Gasteiger partial charge in [0.2, 0.25) is 0 Å². The molecule has 0 aliphatic heterocycles. The van der Waals surface area contributed by atoms with Crippen molar-refractivity contribution in [1.82, 2.24) is 5.32 Å². The van der Waals surface area contributed by atoms with Crippen molar-refractivity contribution in [2.45, 2.75) is 116 Å². The fourth-order valence-electron chi connectivity index (χ4n) is 4.60. The average molecular weight is 462 g/mol. The second kappa shape index (κ2) is 19.4. The number of unbranched alkanes of at least 4 members (excludes halogenated alkanes) is 12. The van der Waals surface area contributed by atoms with Crippen LogP contribution in [0.4, 0.5) is 0 Å². The van der Waals surface area contributed by atoms with E-state index in [2.05, 4.69) is 85.9 Å². The second-order valence-corrected chi connectivity index (χ2v) is 10.0. The van der Waals surface area contributed by atoms with E-state index in [1.807, 2.05) is 0 Å². The number of allylic oxidation sites excluding steroid dienone is 2. The Labute approximate surface area is 211 Å². The zero-order valence-electron chi connectivity index (χ0n) is 22.2. The Bertz CT molecular complexity index is 731. The summed E-state index contributed by atoms with van der Waals surface area (Å²) in [5, 5.41) is 3.84. The van der Waals surface area contributed by atoms with E-state index in [4.69, 9.17) is 0 Å². The molecule has 2 rings (SSSR count). The topological polar surface area (TPSA) is 12.0 Å². The van der Waals surface area contributed by atoms with Crippen molar-refractivity contribution >= 4 is 0 Å². The molecule has 0 fully saturated rings. The van der Waals surface area contributed by atoms with Gasteiger partial charge in [0, 0.05) is 6.04 Å². The quantitative estimate of drug-likeness (QED) is 0.153. The van der Waals surface area contributed by atoms with Crippen LogP contribution in [0.25, 0.3) is 0 Å². The van der Waals surface area contributed by atoms with E-state index >= 15 is 0 Å². The van der Waals surface area contributed by atoms with Gasteiger partial charge in [0.1, 0.15) is 0 Å². The van der Waals surface area contributed by atoms with E-state index in [0.29, 0.717) is 6.04 Å². The molecule has 1 unspecified atom stereocenters. The molecule has 0 aliphatic carbocycles. The van der Waals surface area contributed by atoms with Crippen LogP contribution >= 0.6 is 0 Å². The van der Waals surface area contributed by atoms with Crippen LogP contribution in [-0.2, 0) is 6.42 Å². The van der Waals surface area contributed by atoms with E-state index < -0.39 is 0 Å². The SMILES string of the molecule is CCCCCCCC/C=C\CCCCCCCCNC(Cc1ccc(C)cc1)c1ccccc1. The third-order valence-corrected chi connectivity index (χ3v) is 6.84. The van der Waals surface area contributed by atoms with Gasteiger partial charge in [-0.25, -0.2) is 0 Å². The first-order valence-electron chi connectivity index (χ1n) is 14.3. The van der Waals surface area contributed by atoms with Gasteiger partial charge in [-0.2, -0.15) is 0 Å². The highest BCUT2D eigenvalue weighted by Crippen LogP contribution is 2.19. The maximum Gasteiger partial charge on any atom is 0.0360 e. The fraction of sp³-hybridized carbons (Fsp3) is 0.576. The first kappa shape index (κ1) is 28.4. The third kappa shape index (κ3) is 13.8. The van der Waals surface area contributed by atoms with Crippen molar-refractivity contribution in [2.75, 3.05) is 6.54 Å². The molecule has 0 bridgehead atoms. The molecule has 0 aromatic heterocycles. The maximum absolute atomic E-state index is 3.84. The summed E-state index contributed by atoms with van der Waals surface area (Å²) in [6, 6.07) is 20.3. The molecule has 34 heavy (non-hydrogen) atoms. The Morgan fingerprint density at radius 3 is 1.82 bits per heavy atom. The Kier molecular flexibility index (Phi) is 16.2. The molecule has 1 N–H and O–H groups in total. The molecule has 0 radical (unpaired) electrons. The molecule has 0 amide bonds. The zero-order valence-corrected chi connectivity index (χ0v) is 22.2. The summed E-state index contributed by atoms with van der Waals surface area (Å²) in [7, 11) is 0. The Hall–Kier alpha value is -1.86. The van der Waals surface area contributed by atoms with Gasteiger partial charge in [0.05, 0.1) is 0 Å². The van der Waals surface area contributed by atoms with Gasteiger partial charge >= 0.3 is 0 Å². The van der Waals surface area contributed by atoms with Crippen LogP contribution in [0.2, 0.25) is 0 Å². The molecule has 0 heterocycles. The number of hydrogen-bond acceptors (Lipinski definition) is 1. The summed E-state index contributed by atoms with van der Waals surface area (Å²) in [4.78, 5) is 0. The molecule has 0 aliphatic rings. The van der Waals surface area contributed by atoms with E-state index in [1.165, 1.54) is 107 Å². The average Bonchev–Trinajstić information content (AvgIpc) is 2.87. The summed E-state index contributed by atoms with van der Waals surface area (Å²) < 4.78 is 0. The minimum absolute atomic E-state index is 0.395. The lowest BCUT2D eigenvalue weighted by Gasteiger charge is -2.20. The lowest BCUT2D eigenvalue weighted by Crippen LogP contribution is -2.24. The smallest absolute Gasteiger partial charge is 0.0360 e. The summed E-state index contributed by atoms with van der Waals surface area (Å²) in [6.07, 6.45) is 25.0. The van der Waals surface area contributed by atoms with Gasteiger partial charge in [0.15, 0.2) is 0 Å². The molecule has 2 aromatic rings. The van der Waals surface area contributed by atoms with Crippen molar-refractivity contribution in [3.05, 3.63) is 83.4 Å². The summed E-state index contributed by atoms with van der Waals surface area (Å²) in [6.45, 7) is 5.55. The minimum atomic E-state index is 0.395. The van der Waals surface area contributed by atoms with E-state index in [-0.39, 0.29) is 0 Å². The van der Waals surface area contributed by atoms with Crippen LogP contribution in [0.15, 0.2) is 66.7 Å². The molecule has 0 spiro atoms. The minimum Gasteiger partial charge on any atom is -0.310 e. The van der Waals surface area contributed by atoms with Crippen molar-refractivity contribution < 1.29 is 0 Å². The molecule has 2 aromatic carbocycles. The first-order chi connectivity index (χ1) is 16.8. The number of aryl methyl sites for hydroxylation is 1. The van der Waals surface area contributed by atoms with Crippen LogP contribution in [0.3, 0.4) is 0 Å². The van der Waals surface area contributed by atoms with Crippen molar-refractivity contribution in [3.63, 3.8) is 0 Å². The van der Waals surface area contributed by atoms with Crippen LogP contribution in [0.5, 0.6) is 0 Å². The summed E-state index contributed by atoms with van der Waals surface area (Å²) in [5.41, 5.74) is 4.14. The van der Waals surface area contributed by atoms with Crippen LogP contribution in [-0.4, -0.2) is 6.54 Å². The maximum atomic E-state index is 3.84. The summed E-state index contributed by atoms with van der Waals surface area (Å²) >= 11 is 0. The highest BCUT2D eigenvalue weighted by atomic mass is 14.9. The lowest BCUT2D eigenvalue weighted by atomic mass is 9.98. The predicted molar refractivity (Wildman–Crippen MR) is 152 cm³/mol. The van der Waals surface area contributed by atoms with Crippen LogP contribution in [0, 0.1) is 6.92 Å². The molecule has 0 saturated heterocycles. The molecule has 1 heteroatoms. The van der Waals surface area contributed by atoms with Gasteiger partial charge in [-0.1, -0.05) is 137 Å². The van der Waals surface area contributed by atoms with Gasteiger partial charge in [-0.15, -0.1) is 0 Å². The number of rotatable bonds is 20. The number of hydrogen-bond donors (Lipinski definition) is 1. The van der Waals surface area contributed by atoms with Crippen molar-refractivity contribution in [3.8, 4) is 0 Å². The van der Waals surface area contributed by atoms with Crippen LogP contribution in [0.1, 0.15) is 120 Å². The van der Waals surface area contributed by atoms with Gasteiger partial charge < -0.3 is 5.32 Å². The zero-order chi connectivity index (χ0) is 24.1. The predicted octanol–water partition coefficient (Wildman–Crippen LogP) is 9.91. The van der Waals surface area contributed by atoms with Crippen molar-refractivity contribution in [1.29, 1.82) is 0 Å². The summed E-state index contributed by atoms with van der Waals surface area (Å²) in [5.74, 6) is 0. The monoisotopic (exact) mass is 461 g/mol.